The van der Waals surface area contributed by atoms with Crippen molar-refractivity contribution in [3.05, 3.63) is 100 Å². The van der Waals surface area contributed by atoms with Crippen molar-refractivity contribution in [2.75, 3.05) is 0 Å². The number of aryl methyl sites for hydroxylation is 1. The van der Waals surface area contributed by atoms with Gasteiger partial charge in [0.05, 0.1) is 15.5 Å². The van der Waals surface area contributed by atoms with E-state index in [0.29, 0.717) is 5.13 Å². The summed E-state index contributed by atoms with van der Waals surface area (Å²) in [6.07, 6.45) is 1.68. The molecular weight excluding hydrogens is 382 g/mol. The van der Waals surface area contributed by atoms with Gasteiger partial charge in [-0.3, -0.25) is 10.1 Å². The van der Waals surface area contributed by atoms with Crippen molar-refractivity contribution in [2.24, 2.45) is 4.99 Å². The van der Waals surface area contributed by atoms with Gasteiger partial charge in [-0.25, -0.2) is 9.98 Å². The van der Waals surface area contributed by atoms with E-state index in [2.05, 4.69) is 48.3 Å². The normalized spacial score (nSPS) is 11.1. The molecule has 1 heterocycles. The molecule has 0 atom stereocenters. The van der Waals surface area contributed by atoms with E-state index >= 15 is 0 Å². The van der Waals surface area contributed by atoms with Gasteiger partial charge in [-0.15, -0.1) is 0 Å². The van der Waals surface area contributed by atoms with Crippen LogP contribution in [0, 0.1) is 17.0 Å². The fourth-order valence-corrected chi connectivity index (χ4v) is 3.81. The second kappa shape index (κ2) is 8.16. The van der Waals surface area contributed by atoms with Crippen LogP contribution in [0.15, 0.2) is 83.9 Å². The Kier molecular flexibility index (Phi) is 5.27. The second-order valence-corrected chi connectivity index (χ2v) is 7.49. The van der Waals surface area contributed by atoms with Crippen LogP contribution in [0.25, 0.3) is 21.7 Å². The first-order chi connectivity index (χ1) is 14.1. The van der Waals surface area contributed by atoms with Crippen LogP contribution >= 0.6 is 11.3 Å². The Morgan fingerprint density at radius 2 is 1.62 bits per heavy atom. The molecule has 0 aliphatic heterocycles. The number of hydrogen-bond acceptors (Lipinski definition) is 5. The minimum Gasteiger partial charge on any atom is -0.258 e. The van der Waals surface area contributed by atoms with E-state index in [9.17, 15) is 10.1 Å². The maximum absolute atomic E-state index is 10.8. The minimum absolute atomic E-state index is 0.0596. The molecule has 0 aliphatic carbocycles. The first kappa shape index (κ1) is 18.7. The van der Waals surface area contributed by atoms with E-state index in [4.69, 9.17) is 4.98 Å². The summed E-state index contributed by atoms with van der Waals surface area (Å²) >= 11 is 1.52. The molecule has 29 heavy (non-hydrogen) atoms. The van der Waals surface area contributed by atoms with E-state index in [1.54, 1.807) is 18.3 Å². The maximum Gasteiger partial charge on any atom is 0.269 e. The third-order valence-electron chi connectivity index (χ3n) is 4.40. The van der Waals surface area contributed by atoms with Crippen molar-refractivity contribution in [1.29, 1.82) is 0 Å². The SMILES string of the molecule is Cc1ccc(-c2nc(N=Cc3ccc([N+](=O)[O-])cc3)sc2-c2ccccc2)cc1. The monoisotopic (exact) mass is 399 g/mol. The highest BCUT2D eigenvalue weighted by Gasteiger charge is 2.14. The highest BCUT2D eigenvalue weighted by atomic mass is 32.1. The summed E-state index contributed by atoms with van der Waals surface area (Å²) in [6, 6.07) is 24.7. The van der Waals surface area contributed by atoms with Crippen molar-refractivity contribution >= 4 is 28.4 Å². The quantitative estimate of drug-likeness (QED) is 0.220. The fraction of sp³-hybridized carbons (Fsp3) is 0.0435. The number of rotatable bonds is 5. The lowest BCUT2D eigenvalue weighted by atomic mass is 10.1. The van der Waals surface area contributed by atoms with Gasteiger partial charge in [-0.1, -0.05) is 71.5 Å². The van der Waals surface area contributed by atoms with Crippen LogP contribution in [0.2, 0.25) is 0 Å². The molecule has 0 aliphatic rings. The van der Waals surface area contributed by atoms with Gasteiger partial charge in [-0.05, 0) is 30.2 Å². The molecule has 0 radical (unpaired) electrons. The Morgan fingerprint density at radius 1 is 0.931 bits per heavy atom. The van der Waals surface area contributed by atoms with Crippen LogP contribution in [-0.4, -0.2) is 16.1 Å². The Bertz CT molecular complexity index is 1170. The van der Waals surface area contributed by atoms with Gasteiger partial charge in [0.1, 0.15) is 0 Å². The molecule has 5 nitrogen and oxygen atoms in total. The number of nitro groups is 1. The van der Waals surface area contributed by atoms with Crippen molar-refractivity contribution < 1.29 is 4.92 Å². The first-order valence-corrected chi connectivity index (χ1v) is 9.83. The zero-order valence-corrected chi connectivity index (χ0v) is 16.5. The smallest absolute Gasteiger partial charge is 0.258 e. The molecule has 0 spiro atoms. The molecule has 0 amide bonds. The molecule has 3 aromatic carbocycles. The van der Waals surface area contributed by atoms with E-state index in [0.717, 1.165) is 27.3 Å². The van der Waals surface area contributed by atoms with Crippen molar-refractivity contribution in [3.8, 4) is 21.7 Å². The van der Waals surface area contributed by atoms with Gasteiger partial charge in [0, 0.05) is 23.9 Å². The summed E-state index contributed by atoms with van der Waals surface area (Å²) < 4.78 is 0. The van der Waals surface area contributed by atoms with Gasteiger partial charge in [0.25, 0.3) is 5.69 Å². The summed E-state index contributed by atoms with van der Waals surface area (Å²) in [7, 11) is 0. The molecule has 0 bridgehead atoms. The Labute approximate surface area is 172 Å². The van der Waals surface area contributed by atoms with Gasteiger partial charge in [0.15, 0.2) is 0 Å². The Hall–Kier alpha value is -3.64. The molecule has 0 unspecified atom stereocenters. The molecule has 0 saturated heterocycles. The lowest BCUT2D eigenvalue weighted by molar-refractivity contribution is -0.384. The standard InChI is InChI=1S/C23H17N3O2S/c1-16-7-11-18(12-8-16)21-22(19-5-3-2-4-6-19)29-23(25-21)24-15-17-9-13-20(14-10-17)26(27)28/h2-15H,1H3. The fourth-order valence-electron chi connectivity index (χ4n) is 2.87. The van der Waals surface area contributed by atoms with Crippen LogP contribution in [0.5, 0.6) is 0 Å². The topological polar surface area (TPSA) is 68.4 Å². The summed E-state index contributed by atoms with van der Waals surface area (Å²) in [5.41, 5.74) is 5.08. The summed E-state index contributed by atoms with van der Waals surface area (Å²) in [5, 5.41) is 11.4. The van der Waals surface area contributed by atoms with E-state index in [-0.39, 0.29) is 5.69 Å². The summed E-state index contributed by atoms with van der Waals surface area (Å²) in [4.78, 5) is 20.7. The number of nitro benzene ring substituents is 1. The van der Waals surface area contributed by atoms with Gasteiger partial charge in [0.2, 0.25) is 5.13 Å². The molecule has 1 aromatic heterocycles. The summed E-state index contributed by atoms with van der Waals surface area (Å²) in [5.74, 6) is 0. The molecule has 6 heteroatoms. The Balaban J connectivity index is 1.71. The second-order valence-electron chi connectivity index (χ2n) is 6.51. The third kappa shape index (κ3) is 4.28. The average molecular weight is 399 g/mol. The van der Waals surface area contributed by atoms with Gasteiger partial charge < -0.3 is 0 Å². The van der Waals surface area contributed by atoms with Crippen LogP contribution in [0.3, 0.4) is 0 Å². The predicted molar refractivity (Wildman–Crippen MR) is 118 cm³/mol. The Morgan fingerprint density at radius 3 is 2.28 bits per heavy atom. The highest BCUT2D eigenvalue weighted by Crippen LogP contribution is 2.40. The minimum atomic E-state index is -0.415. The number of nitrogens with zero attached hydrogens (tertiary/aromatic N) is 3. The zero-order chi connectivity index (χ0) is 20.2. The van der Waals surface area contributed by atoms with E-state index in [1.165, 1.54) is 29.0 Å². The first-order valence-electron chi connectivity index (χ1n) is 9.02. The lowest BCUT2D eigenvalue weighted by Gasteiger charge is -2.03. The molecular formula is C23H17N3O2S. The van der Waals surface area contributed by atoms with E-state index in [1.807, 2.05) is 18.2 Å². The largest absolute Gasteiger partial charge is 0.269 e. The third-order valence-corrected chi connectivity index (χ3v) is 5.42. The van der Waals surface area contributed by atoms with Gasteiger partial charge in [-0.2, -0.15) is 0 Å². The number of aromatic nitrogens is 1. The number of non-ortho nitro benzene ring substituents is 1. The maximum atomic E-state index is 10.8. The van der Waals surface area contributed by atoms with Crippen LogP contribution < -0.4 is 0 Å². The molecule has 4 aromatic rings. The van der Waals surface area contributed by atoms with Crippen LogP contribution in [0.4, 0.5) is 10.8 Å². The average Bonchev–Trinajstić information content (AvgIpc) is 3.18. The van der Waals surface area contributed by atoms with Crippen LogP contribution in [-0.2, 0) is 0 Å². The molecule has 0 fully saturated rings. The number of thiazole rings is 1. The lowest BCUT2D eigenvalue weighted by Crippen LogP contribution is -1.88. The van der Waals surface area contributed by atoms with Crippen LogP contribution in [0.1, 0.15) is 11.1 Å². The number of aliphatic imine (C=N–C) groups is 1. The molecule has 0 N–H and O–H groups in total. The molecule has 0 saturated carbocycles. The van der Waals surface area contributed by atoms with Crippen molar-refractivity contribution in [1.82, 2.24) is 4.98 Å². The predicted octanol–water partition coefficient (Wildman–Crippen LogP) is 6.44. The molecule has 4 rings (SSSR count). The number of benzene rings is 3. The summed E-state index contributed by atoms with van der Waals surface area (Å²) in [6.45, 7) is 2.06. The van der Waals surface area contributed by atoms with Crippen molar-refractivity contribution in [2.45, 2.75) is 6.92 Å². The van der Waals surface area contributed by atoms with Crippen molar-refractivity contribution in [3.63, 3.8) is 0 Å². The van der Waals surface area contributed by atoms with Gasteiger partial charge >= 0.3 is 0 Å². The number of hydrogen-bond donors (Lipinski definition) is 0. The molecule has 142 valence electrons. The highest BCUT2D eigenvalue weighted by molar-refractivity contribution is 7.19. The van der Waals surface area contributed by atoms with E-state index < -0.39 is 4.92 Å². The zero-order valence-electron chi connectivity index (χ0n) is 15.6.